The normalized spacial score (nSPS) is 20.1. The SMILES string of the molecule is NCCC1CCCCN1CCOc1ccc(Cl)cc1Cl. The molecule has 1 aliphatic rings. The van der Waals surface area contributed by atoms with E-state index < -0.39 is 0 Å². The maximum atomic E-state index is 6.09. The van der Waals surface area contributed by atoms with Crippen molar-refractivity contribution in [3.63, 3.8) is 0 Å². The van der Waals surface area contributed by atoms with Gasteiger partial charge >= 0.3 is 0 Å². The van der Waals surface area contributed by atoms with Gasteiger partial charge in [-0.25, -0.2) is 0 Å². The van der Waals surface area contributed by atoms with Gasteiger partial charge in [-0.2, -0.15) is 0 Å². The number of nitrogens with zero attached hydrogens (tertiary/aromatic N) is 1. The number of ether oxygens (including phenoxy) is 1. The van der Waals surface area contributed by atoms with E-state index in [9.17, 15) is 0 Å². The molecule has 0 spiro atoms. The van der Waals surface area contributed by atoms with Gasteiger partial charge in [-0.1, -0.05) is 29.6 Å². The van der Waals surface area contributed by atoms with E-state index in [1.54, 1.807) is 12.1 Å². The molecule has 0 radical (unpaired) electrons. The number of likely N-dealkylation sites (tertiary alicyclic amines) is 1. The molecule has 0 saturated carbocycles. The molecule has 1 unspecified atom stereocenters. The van der Waals surface area contributed by atoms with Crippen molar-refractivity contribution in [3.05, 3.63) is 28.2 Å². The molecule has 2 N–H and O–H groups in total. The summed E-state index contributed by atoms with van der Waals surface area (Å²) in [6, 6.07) is 5.92. The van der Waals surface area contributed by atoms with E-state index in [-0.39, 0.29) is 0 Å². The minimum Gasteiger partial charge on any atom is -0.491 e. The zero-order valence-electron chi connectivity index (χ0n) is 11.7. The predicted molar refractivity (Wildman–Crippen MR) is 84.8 cm³/mol. The fourth-order valence-corrected chi connectivity index (χ4v) is 3.20. The zero-order chi connectivity index (χ0) is 14.4. The third-order valence-corrected chi connectivity index (χ3v) is 4.31. The first kappa shape index (κ1) is 15.9. The van der Waals surface area contributed by atoms with E-state index in [4.69, 9.17) is 33.7 Å². The predicted octanol–water partition coefficient (Wildman–Crippen LogP) is 3.58. The van der Waals surface area contributed by atoms with Crippen molar-refractivity contribution in [1.82, 2.24) is 4.90 Å². The van der Waals surface area contributed by atoms with Gasteiger partial charge in [0.05, 0.1) is 5.02 Å². The Morgan fingerprint density at radius 1 is 1.30 bits per heavy atom. The minimum atomic E-state index is 0.564. The highest BCUT2D eigenvalue weighted by atomic mass is 35.5. The van der Waals surface area contributed by atoms with Gasteiger partial charge in [0, 0.05) is 17.6 Å². The average molecular weight is 317 g/mol. The van der Waals surface area contributed by atoms with Crippen LogP contribution in [-0.4, -0.2) is 37.2 Å². The van der Waals surface area contributed by atoms with Crippen LogP contribution in [0, 0.1) is 0 Å². The molecule has 1 aromatic rings. The number of hydrogen-bond donors (Lipinski definition) is 1. The Morgan fingerprint density at radius 3 is 2.90 bits per heavy atom. The van der Waals surface area contributed by atoms with Crippen molar-refractivity contribution >= 4 is 23.2 Å². The Balaban J connectivity index is 1.82. The van der Waals surface area contributed by atoms with E-state index in [0.29, 0.717) is 28.4 Å². The molecule has 20 heavy (non-hydrogen) atoms. The summed E-state index contributed by atoms with van der Waals surface area (Å²) in [7, 11) is 0. The van der Waals surface area contributed by atoms with Crippen LogP contribution in [0.1, 0.15) is 25.7 Å². The van der Waals surface area contributed by atoms with Crippen LogP contribution in [0.25, 0.3) is 0 Å². The van der Waals surface area contributed by atoms with E-state index >= 15 is 0 Å². The lowest BCUT2D eigenvalue weighted by molar-refractivity contribution is 0.118. The second kappa shape index (κ2) is 8.08. The van der Waals surface area contributed by atoms with Crippen LogP contribution in [0.15, 0.2) is 18.2 Å². The second-order valence-electron chi connectivity index (χ2n) is 5.19. The van der Waals surface area contributed by atoms with Crippen LogP contribution in [0.5, 0.6) is 5.75 Å². The highest BCUT2D eigenvalue weighted by Gasteiger charge is 2.21. The third kappa shape index (κ3) is 4.52. The number of hydrogen-bond acceptors (Lipinski definition) is 3. The number of nitrogens with two attached hydrogens (primary N) is 1. The first-order valence-electron chi connectivity index (χ1n) is 7.22. The summed E-state index contributed by atoms with van der Waals surface area (Å²) in [4.78, 5) is 2.49. The molecule has 3 nitrogen and oxygen atoms in total. The van der Waals surface area contributed by atoms with E-state index in [0.717, 1.165) is 26.1 Å². The van der Waals surface area contributed by atoms with Gasteiger partial charge in [-0.15, -0.1) is 0 Å². The molecular formula is C15H22Cl2N2O. The van der Waals surface area contributed by atoms with Gasteiger partial charge in [0.15, 0.2) is 0 Å². The molecule has 1 heterocycles. The van der Waals surface area contributed by atoms with Gasteiger partial charge in [0.2, 0.25) is 0 Å². The van der Waals surface area contributed by atoms with Crippen LogP contribution in [0.2, 0.25) is 10.0 Å². The lowest BCUT2D eigenvalue weighted by Gasteiger charge is -2.35. The summed E-state index contributed by atoms with van der Waals surface area (Å²) in [5.74, 6) is 0.698. The van der Waals surface area contributed by atoms with E-state index in [1.165, 1.54) is 19.3 Å². The van der Waals surface area contributed by atoms with Gasteiger partial charge in [0.25, 0.3) is 0 Å². The molecule has 1 aromatic carbocycles. The van der Waals surface area contributed by atoms with Crippen LogP contribution in [0.3, 0.4) is 0 Å². The second-order valence-corrected chi connectivity index (χ2v) is 6.03. The highest BCUT2D eigenvalue weighted by molar-refractivity contribution is 6.35. The van der Waals surface area contributed by atoms with Crippen molar-refractivity contribution in [3.8, 4) is 5.75 Å². The Kier molecular flexibility index (Phi) is 6.43. The van der Waals surface area contributed by atoms with Crippen molar-refractivity contribution in [2.24, 2.45) is 5.73 Å². The number of halogens is 2. The van der Waals surface area contributed by atoms with Crippen molar-refractivity contribution < 1.29 is 4.74 Å². The van der Waals surface area contributed by atoms with Gasteiger partial charge in [0.1, 0.15) is 12.4 Å². The first-order chi connectivity index (χ1) is 9.70. The molecular weight excluding hydrogens is 295 g/mol. The molecule has 0 amide bonds. The monoisotopic (exact) mass is 316 g/mol. The number of benzene rings is 1. The first-order valence-corrected chi connectivity index (χ1v) is 7.98. The van der Waals surface area contributed by atoms with E-state index in [2.05, 4.69) is 4.90 Å². The lowest BCUT2D eigenvalue weighted by Crippen LogP contribution is -2.42. The van der Waals surface area contributed by atoms with Crippen molar-refractivity contribution in [2.45, 2.75) is 31.7 Å². The standard InChI is InChI=1S/C15H22Cl2N2O/c16-12-4-5-15(14(17)11-12)20-10-9-19-8-2-1-3-13(19)6-7-18/h4-5,11,13H,1-3,6-10,18H2. The molecule has 0 aliphatic carbocycles. The molecule has 1 atom stereocenters. The maximum absolute atomic E-state index is 6.09. The average Bonchev–Trinajstić information content (AvgIpc) is 2.43. The molecule has 2 rings (SSSR count). The molecule has 112 valence electrons. The van der Waals surface area contributed by atoms with Gasteiger partial charge in [-0.05, 0) is 50.6 Å². The Morgan fingerprint density at radius 2 is 2.15 bits per heavy atom. The minimum absolute atomic E-state index is 0.564. The third-order valence-electron chi connectivity index (χ3n) is 3.78. The maximum Gasteiger partial charge on any atom is 0.138 e. The molecule has 1 saturated heterocycles. The Hall–Kier alpha value is -0.480. The summed E-state index contributed by atoms with van der Waals surface area (Å²) in [6.45, 7) is 3.46. The van der Waals surface area contributed by atoms with Crippen molar-refractivity contribution in [1.29, 1.82) is 0 Å². The molecule has 1 fully saturated rings. The topological polar surface area (TPSA) is 38.5 Å². The molecule has 0 bridgehead atoms. The van der Waals surface area contributed by atoms with Crippen molar-refractivity contribution in [2.75, 3.05) is 26.2 Å². The Labute approximate surface area is 131 Å². The van der Waals surface area contributed by atoms with E-state index in [1.807, 2.05) is 6.07 Å². The fourth-order valence-electron chi connectivity index (χ4n) is 2.74. The summed E-state index contributed by atoms with van der Waals surface area (Å²) in [5.41, 5.74) is 5.69. The molecule has 0 aromatic heterocycles. The number of rotatable bonds is 6. The largest absolute Gasteiger partial charge is 0.491 e. The van der Waals surface area contributed by atoms with Crippen LogP contribution < -0.4 is 10.5 Å². The summed E-state index contributed by atoms with van der Waals surface area (Å²) >= 11 is 12.0. The van der Waals surface area contributed by atoms with Crippen LogP contribution >= 0.6 is 23.2 Å². The quantitative estimate of drug-likeness (QED) is 0.871. The molecule has 5 heteroatoms. The van der Waals surface area contributed by atoms with Gasteiger partial charge in [-0.3, -0.25) is 4.90 Å². The molecule has 1 aliphatic heterocycles. The highest BCUT2D eigenvalue weighted by Crippen LogP contribution is 2.27. The number of piperidine rings is 1. The van der Waals surface area contributed by atoms with Crippen LogP contribution in [-0.2, 0) is 0 Å². The fraction of sp³-hybridized carbons (Fsp3) is 0.600. The summed E-state index contributed by atoms with van der Waals surface area (Å²) < 4.78 is 5.76. The van der Waals surface area contributed by atoms with Crippen LogP contribution in [0.4, 0.5) is 0 Å². The summed E-state index contributed by atoms with van der Waals surface area (Å²) in [6.07, 6.45) is 4.90. The summed E-state index contributed by atoms with van der Waals surface area (Å²) in [5, 5.41) is 1.19. The Bertz CT molecular complexity index is 426. The smallest absolute Gasteiger partial charge is 0.138 e. The lowest BCUT2D eigenvalue weighted by atomic mass is 9.99. The van der Waals surface area contributed by atoms with Gasteiger partial charge < -0.3 is 10.5 Å². The zero-order valence-corrected chi connectivity index (χ0v) is 13.2.